The SMILES string of the molecule is C[C@@H](Oc1cc(N2CC(C3CCCN(C4CC(C)(C(=O)O)C4)C3)C2)ccc1C#N)c1ccc(Cl)cc1Cl. The predicted octanol–water partition coefficient (Wildman–Crippen LogP) is 6.41. The molecule has 5 rings (SSSR count). The van der Waals surface area contributed by atoms with Crippen LogP contribution in [0.15, 0.2) is 36.4 Å². The number of hydrogen-bond donors (Lipinski definition) is 1. The van der Waals surface area contributed by atoms with Gasteiger partial charge in [0.15, 0.2) is 0 Å². The first-order valence-electron chi connectivity index (χ1n) is 13.0. The van der Waals surface area contributed by atoms with E-state index in [0.717, 1.165) is 50.3 Å². The minimum absolute atomic E-state index is 0.334. The molecule has 8 heteroatoms. The number of hydrogen-bond acceptors (Lipinski definition) is 5. The number of likely N-dealkylation sites (tertiary alicyclic amines) is 1. The van der Waals surface area contributed by atoms with Gasteiger partial charge in [-0.2, -0.15) is 5.26 Å². The Morgan fingerprint density at radius 2 is 1.92 bits per heavy atom. The minimum Gasteiger partial charge on any atom is -0.485 e. The third-order valence-corrected chi connectivity index (χ3v) is 9.19. The standard InChI is InChI=1S/C29H33Cl2N3O3/c1-18(25-8-6-22(30)10-26(25)31)37-27-11-23(7-5-19(27)14-32)34-16-21(17-34)20-4-3-9-33(15-20)24-12-29(2,13-24)28(35)36/h5-8,10-11,18,20-21,24H,3-4,9,12-13,15-17H2,1-2H3,(H,35,36)/t18-,20?,24?,29?/m1/s1. The van der Waals surface area contributed by atoms with E-state index in [1.165, 1.54) is 12.8 Å². The van der Waals surface area contributed by atoms with Gasteiger partial charge in [0.2, 0.25) is 0 Å². The van der Waals surface area contributed by atoms with Crippen molar-refractivity contribution in [3.63, 3.8) is 0 Å². The zero-order valence-electron chi connectivity index (χ0n) is 21.3. The summed E-state index contributed by atoms with van der Waals surface area (Å²) in [6.07, 6.45) is 3.61. The lowest BCUT2D eigenvalue weighted by molar-refractivity contribution is -0.158. The number of carboxylic acids is 1. The van der Waals surface area contributed by atoms with E-state index >= 15 is 0 Å². The minimum atomic E-state index is -0.664. The topological polar surface area (TPSA) is 76.8 Å². The average Bonchev–Trinajstić information content (AvgIpc) is 2.81. The van der Waals surface area contributed by atoms with Crippen molar-refractivity contribution in [2.75, 3.05) is 31.1 Å². The van der Waals surface area contributed by atoms with Crippen molar-refractivity contribution >= 4 is 34.9 Å². The fourth-order valence-corrected chi connectivity index (χ4v) is 6.74. The first kappa shape index (κ1) is 26.2. The zero-order chi connectivity index (χ0) is 26.3. The molecule has 0 radical (unpaired) electrons. The smallest absolute Gasteiger partial charge is 0.309 e. The normalized spacial score (nSPS) is 27.1. The summed E-state index contributed by atoms with van der Waals surface area (Å²) in [7, 11) is 0. The van der Waals surface area contributed by atoms with Crippen molar-refractivity contribution in [1.82, 2.24) is 4.90 Å². The van der Waals surface area contributed by atoms with Gasteiger partial charge in [-0.25, -0.2) is 0 Å². The number of nitriles is 1. The molecule has 3 fully saturated rings. The molecule has 0 amide bonds. The Morgan fingerprint density at radius 3 is 2.59 bits per heavy atom. The first-order valence-corrected chi connectivity index (χ1v) is 13.8. The van der Waals surface area contributed by atoms with Gasteiger partial charge in [0.1, 0.15) is 17.9 Å². The van der Waals surface area contributed by atoms with Crippen LogP contribution in [0, 0.1) is 28.6 Å². The van der Waals surface area contributed by atoms with Crippen LogP contribution in [0.25, 0.3) is 0 Å². The molecular weight excluding hydrogens is 509 g/mol. The Bertz CT molecular complexity index is 1220. The molecule has 1 aliphatic carbocycles. The van der Waals surface area contributed by atoms with E-state index in [1.54, 1.807) is 12.1 Å². The van der Waals surface area contributed by atoms with E-state index in [4.69, 9.17) is 27.9 Å². The van der Waals surface area contributed by atoms with Gasteiger partial charge in [-0.3, -0.25) is 4.79 Å². The van der Waals surface area contributed by atoms with Crippen molar-refractivity contribution < 1.29 is 14.6 Å². The Hall–Kier alpha value is -2.46. The van der Waals surface area contributed by atoms with Crippen LogP contribution in [-0.2, 0) is 4.79 Å². The molecule has 196 valence electrons. The summed E-state index contributed by atoms with van der Waals surface area (Å²) in [6, 6.07) is 13.8. The van der Waals surface area contributed by atoms with Crippen LogP contribution in [0.5, 0.6) is 5.75 Å². The molecule has 2 saturated heterocycles. The van der Waals surface area contributed by atoms with Crippen molar-refractivity contribution in [1.29, 1.82) is 5.26 Å². The molecule has 2 aliphatic heterocycles. The van der Waals surface area contributed by atoms with Gasteiger partial charge in [0.05, 0.1) is 11.0 Å². The van der Waals surface area contributed by atoms with Crippen molar-refractivity contribution in [3.8, 4) is 11.8 Å². The first-order chi connectivity index (χ1) is 17.7. The van der Waals surface area contributed by atoms with Crippen LogP contribution in [0.1, 0.15) is 56.8 Å². The maximum absolute atomic E-state index is 11.5. The molecule has 1 unspecified atom stereocenters. The molecule has 0 aromatic heterocycles. The van der Waals surface area contributed by atoms with Crippen molar-refractivity contribution in [3.05, 3.63) is 57.6 Å². The highest BCUT2D eigenvalue weighted by atomic mass is 35.5. The summed E-state index contributed by atoms with van der Waals surface area (Å²) in [5.41, 5.74) is 1.83. The summed E-state index contributed by atoms with van der Waals surface area (Å²) >= 11 is 12.4. The van der Waals surface area contributed by atoms with Gasteiger partial charge < -0.3 is 19.6 Å². The number of carboxylic acid groups (broad SMARTS) is 1. The number of rotatable bonds is 7. The highest BCUT2D eigenvalue weighted by molar-refractivity contribution is 6.35. The number of halogens is 2. The molecular formula is C29H33Cl2N3O3. The van der Waals surface area contributed by atoms with E-state index in [0.29, 0.717) is 39.2 Å². The molecule has 6 nitrogen and oxygen atoms in total. The highest BCUT2D eigenvalue weighted by Gasteiger charge is 2.49. The van der Waals surface area contributed by atoms with Crippen LogP contribution < -0.4 is 9.64 Å². The maximum atomic E-state index is 11.5. The number of piperidine rings is 1. The average molecular weight is 543 g/mol. The number of nitrogens with zero attached hydrogens (tertiary/aromatic N) is 3. The van der Waals surface area contributed by atoms with Crippen molar-refractivity contribution in [2.45, 2.75) is 51.7 Å². The monoisotopic (exact) mass is 541 g/mol. The van der Waals surface area contributed by atoms with E-state index < -0.39 is 11.4 Å². The molecule has 0 bridgehead atoms. The summed E-state index contributed by atoms with van der Waals surface area (Å²) < 4.78 is 6.21. The molecule has 2 aromatic rings. The summed E-state index contributed by atoms with van der Waals surface area (Å²) in [6.45, 7) is 7.91. The summed E-state index contributed by atoms with van der Waals surface area (Å²) in [5, 5.41) is 20.2. The van der Waals surface area contributed by atoms with Crippen LogP contribution in [0.3, 0.4) is 0 Å². The Labute approximate surface area is 228 Å². The van der Waals surface area contributed by atoms with E-state index in [-0.39, 0.29) is 6.10 Å². The Kier molecular flexibility index (Phi) is 7.33. The number of benzene rings is 2. The second-order valence-corrected chi connectivity index (χ2v) is 12.1. The van der Waals surface area contributed by atoms with Gasteiger partial charge in [-0.05, 0) is 82.2 Å². The van der Waals surface area contributed by atoms with Gasteiger partial charge in [-0.1, -0.05) is 29.3 Å². The second kappa shape index (κ2) is 10.4. The molecule has 1 saturated carbocycles. The van der Waals surface area contributed by atoms with Gasteiger partial charge in [-0.15, -0.1) is 0 Å². The van der Waals surface area contributed by atoms with E-state index in [1.807, 2.05) is 38.1 Å². The Balaban J connectivity index is 1.20. The summed E-state index contributed by atoms with van der Waals surface area (Å²) in [5.74, 6) is 1.16. The molecule has 2 aromatic carbocycles. The number of anilines is 1. The van der Waals surface area contributed by atoms with Crippen LogP contribution in [0.4, 0.5) is 5.69 Å². The third kappa shape index (κ3) is 5.27. The zero-order valence-corrected chi connectivity index (χ0v) is 22.8. The predicted molar refractivity (Wildman–Crippen MR) is 145 cm³/mol. The second-order valence-electron chi connectivity index (χ2n) is 11.2. The molecule has 2 atom stereocenters. The largest absolute Gasteiger partial charge is 0.485 e. The lowest BCUT2D eigenvalue weighted by atomic mass is 9.65. The fraction of sp³-hybridized carbons (Fsp3) is 0.517. The van der Waals surface area contributed by atoms with Gasteiger partial charge in [0.25, 0.3) is 0 Å². The van der Waals surface area contributed by atoms with Crippen molar-refractivity contribution in [2.24, 2.45) is 17.3 Å². The van der Waals surface area contributed by atoms with Crippen LogP contribution in [0.2, 0.25) is 10.0 Å². The van der Waals surface area contributed by atoms with Gasteiger partial charge >= 0.3 is 5.97 Å². The maximum Gasteiger partial charge on any atom is 0.309 e. The highest BCUT2D eigenvalue weighted by Crippen LogP contribution is 2.45. The summed E-state index contributed by atoms with van der Waals surface area (Å²) in [4.78, 5) is 16.4. The van der Waals surface area contributed by atoms with Crippen LogP contribution in [-0.4, -0.2) is 48.2 Å². The number of ether oxygens (including phenoxy) is 1. The number of carbonyl (C=O) groups is 1. The van der Waals surface area contributed by atoms with E-state index in [2.05, 4.69) is 15.9 Å². The molecule has 37 heavy (non-hydrogen) atoms. The van der Waals surface area contributed by atoms with Gasteiger partial charge in [0, 0.05) is 53.0 Å². The molecule has 0 spiro atoms. The third-order valence-electron chi connectivity index (χ3n) is 8.63. The van der Waals surface area contributed by atoms with Crippen LogP contribution >= 0.6 is 23.2 Å². The lowest BCUT2D eigenvalue weighted by Crippen LogP contribution is -2.58. The molecule has 2 heterocycles. The van der Waals surface area contributed by atoms with E-state index in [9.17, 15) is 15.2 Å². The fourth-order valence-electron chi connectivity index (χ4n) is 6.17. The molecule has 1 N–H and O–H groups in total. The number of aliphatic carboxylic acids is 1. The Morgan fingerprint density at radius 1 is 1.16 bits per heavy atom. The molecule has 3 aliphatic rings. The quantitative estimate of drug-likeness (QED) is 0.436. The lowest BCUT2D eigenvalue weighted by Gasteiger charge is -2.52.